The number of hydrogen-bond acceptors (Lipinski definition) is 3. The molecular weight excluding hydrogens is 278 g/mol. The Labute approximate surface area is 131 Å². The zero-order valence-corrected chi connectivity index (χ0v) is 12.9. The maximum atomic E-state index is 12.3. The van der Waals surface area contributed by atoms with E-state index in [0.29, 0.717) is 6.04 Å². The van der Waals surface area contributed by atoms with Crippen molar-refractivity contribution in [1.29, 1.82) is 0 Å². The van der Waals surface area contributed by atoms with Gasteiger partial charge in [-0.2, -0.15) is 0 Å². The van der Waals surface area contributed by atoms with Gasteiger partial charge in [-0.05, 0) is 43.7 Å². The predicted octanol–water partition coefficient (Wildman–Crippen LogP) is 2.53. The maximum Gasteiger partial charge on any atom is 0.315 e. The molecule has 0 spiro atoms. The number of nitrogens with zero attached hydrogens (tertiary/aromatic N) is 1. The molecule has 3 N–H and O–H groups in total. The fourth-order valence-electron chi connectivity index (χ4n) is 3.51. The largest absolute Gasteiger partial charge is 0.393 e. The van der Waals surface area contributed by atoms with Gasteiger partial charge in [0.2, 0.25) is 0 Å². The maximum absolute atomic E-state index is 12.3. The Bertz CT molecular complexity index is 482. The van der Waals surface area contributed by atoms with Crippen LogP contribution in [0.5, 0.6) is 0 Å². The zero-order chi connectivity index (χ0) is 15.4. The van der Waals surface area contributed by atoms with Gasteiger partial charge in [-0.25, -0.2) is 4.79 Å². The summed E-state index contributed by atoms with van der Waals surface area (Å²) in [6.45, 7) is 0. The molecule has 22 heavy (non-hydrogen) atoms. The highest BCUT2D eigenvalue weighted by Gasteiger charge is 2.36. The van der Waals surface area contributed by atoms with E-state index in [0.717, 1.165) is 31.4 Å². The first-order chi connectivity index (χ1) is 10.7. The molecule has 120 valence electrons. The van der Waals surface area contributed by atoms with E-state index in [9.17, 15) is 9.90 Å². The van der Waals surface area contributed by atoms with E-state index in [-0.39, 0.29) is 24.1 Å². The summed E-state index contributed by atoms with van der Waals surface area (Å²) in [5, 5.41) is 15.7. The molecule has 2 amide bonds. The van der Waals surface area contributed by atoms with Crippen LogP contribution < -0.4 is 10.6 Å². The number of aliphatic hydroxyl groups excluding tert-OH is 1. The van der Waals surface area contributed by atoms with Crippen LogP contribution in [-0.2, 0) is 0 Å². The quantitative estimate of drug-likeness (QED) is 0.800. The number of carbonyl (C=O) groups excluding carboxylic acids is 1. The van der Waals surface area contributed by atoms with Crippen LogP contribution >= 0.6 is 0 Å². The summed E-state index contributed by atoms with van der Waals surface area (Å²) in [7, 11) is 0. The van der Waals surface area contributed by atoms with Gasteiger partial charge in [0.1, 0.15) is 0 Å². The van der Waals surface area contributed by atoms with Crippen molar-refractivity contribution >= 4 is 6.03 Å². The van der Waals surface area contributed by atoms with E-state index in [1.165, 1.54) is 19.3 Å². The van der Waals surface area contributed by atoms with Crippen LogP contribution in [0.4, 0.5) is 4.79 Å². The van der Waals surface area contributed by atoms with Crippen LogP contribution in [0.2, 0.25) is 0 Å². The first-order valence-corrected chi connectivity index (χ1v) is 8.38. The van der Waals surface area contributed by atoms with Gasteiger partial charge in [0.15, 0.2) is 0 Å². The number of aromatic nitrogens is 1. The van der Waals surface area contributed by atoms with E-state index in [4.69, 9.17) is 0 Å². The van der Waals surface area contributed by atoms with Crippen molar-refractivity contribution in [1.82, 2.24) is 15.6 Å². The van der Waals surface area contributed by atoms with Gasteiger partial charge in [-0.1, -0.05) is 25.3 Å². The summed E-state index contributed by atoms with van der Waals surface area (Å²) in [5.74, 6) is 0.266. The van der Waals surface area contributed by atoms with Crippen molar-refractivity contribution in [3.63, 3.8) is 0 Å². The number of carbonyl (C=O) groups is 1. The zero-order valence-electron chi connectivity index (χ0n) is 12.9. The van der Waals surface area contributed by atoms with Gasteiger partial charge in [-0.15, -0.1) is 0 Å². The minimum absolute atomic E-state index is 0.107. The molecule has 1 atom stereocenters. The number of urea groups is 1. The number of pyridine rings is 1. The molecular formula is C17H25N3O2. The number of nitrogens with one attached hydrogen (secondary N) is 2. The highest BCUT2D eigenvalue weighted by atomic mass is 16.3. The molecule has 2 fully saturated rings. The van der Waals surface area contributed by atoms with Gasteiger partial charge >= 0.3 is 6.03 Å². The Kier molecular flexibility index (Phi) is 4.93. The molecule has 5 heteroatoms. The van der Waals surface area contributed by atoms with Crippen LogP contribution in [0.1, 0.15) is 56.7 Å². The minimum atomic E-state index is -0.237. The minimum Gasteiger partial charge on any atom is -0.393 e. The van der Waals surface area contributed by atoms with Gasteiger partial charge in [0.25, 0.3) is 0 Å². The lowest BCUT2D eigenvalue weighted by Gasteiger charge is -2.38. The monoisotopic (exact) mass is 303 g/mol. The van der Waals surface area contributed by atoms with E-state index in [2.05, 4.69) is 15.6 Å². The first-order valence-electron chi connectivity index (χ1n) is 8.38. The van der Waals surface area contributed by atoms with E-state index in [1.807, 2.05) is 18.2 Å². The predicted molar refractivity (Wildman–Crippen MR) is 84.2 cm³/mol. The van der Waals surface area contributed by atoms with Crippen molar-refractivity contribution in [2.24, 2.45) is 5.92 Å². The number of hydrogen-bond donors (Lipinski definition) is 3. The van der Waals surface area contributed by atoms with Crippen molar-refractivity contribution in [3.8, 4) is 0 Å². The smallest absolute Gasteiger partial charge is 0.315 e. The van der Waals surface area contributed by atoms with Crippen LogP contribution in [-0.4, -0.2) is 28.3 Å². The average molecular weight is 303 g/mol. The third kappa shape index (κ3) is 3.77. The Hall–Kier alpha value is -1.62. The molecule has 2 saturated carbocycles. The molecule has 0 bridgehead atoms. The van der Waals surface area contributed by atoms with Crippen LogP contribution in [0.15, 0.2) is 24.4 Å². The number of amides is 2. The molecule has 0 aromatic carbocycles. The highest BCUT2D eigenvalue weighted by molar-refractivity contribution is 5.74. The summed E-state index contributed by atoms with van der Waals surface area (Å²) in [4.78, 5) is 16.7. The van der Waals surface area contributed by atoms with Gasteiger partial charge in [0, 0.05) is 12.2 Å². The van der Waals surface area contributed by atoms with Crippen LogP contribution in [0.3, 0.4) is 0 Å². The van der Waals surface area contributed by atoms with Gasteiger partial charge in [-0.3, -0.25) is 4.98 Å². The lowest BCUT2D eigenvalue weighted by Crippen LogP contribution is -2.48. The fraction of sp³-hybridized carbons (Fsp3) is 0.647. The van der Waals surface area contributed by atoms with Gasteiger partial charge < -0.3 is 15.7 Å². The third-order valence-electron chi connectivity index (χ3n) is 4.85. The lowest BCUT2D eigenvalue weighted by molar-refractivity contribution is 0.0251. The summed E-state index contributed by atoms with van der Waals surface area (Å²) in [6.07, 6.45) is 8.78. The molecule has 3 rings (SSSR count). The first kappa shape index (κ1) is 15.3. The van der Waals surface area contributed by atoms with Gasteiger partial charge in [0.05, 0.1) is 17.8 Å². The highest BCUT2D eigenvalue weighted by Crippen LogP contribution is 2.37. The second-order valence-electron chi connectivity index (χ2n) is 6.57. The van der Waals surface area contributed by atoms with E-state index in [1.54, 1.807) is 6.20 Å². The fourth-order valence-corrected chi connectivity index (χ4v) is 3.51. The Morgan fingerprint density at radius 1 is 1.23 bits per heavy atom. The molecule has 1 aromatic heterocycles. The molecule has 2 aliphatic carbocycles. The molecule has 0 radical (unpaired) electrons. The molecule has 1 aromatic rings. The molecule has 0 saturated heterocycles. The van der Waals surface area contributed by atoms with Crippen molar-refractivity contribution in [2.75, 3.05) is 0 Å². The summed E-state index contributed by atoms with van der Waals surface area (Å²) < 4.78 is 0. The Balaban J connectivity index is 1.61. The normalized spacial score (nSPS) is 26.8. The lowest BCUT2D eigenvalue weighted by atomic mass is 9.76. The Morgan fingerprint density at radius 3 is 2.64 bits per heavy atom. The van der Waals surface area contributed by atoms with E-state index < -0.39 is 0 Å². The molecule has 5 nitrogen and oxygen atoms in total. The number of rotatable bonds is 4. The molecule has 0 unspecified atom stereocenters. The third-order valence-corrected chi connectivity index (χ3v) is 4.85. The average Bonchev–Trinajstić information content (AvgIpc) is 2.52. The summed E-state index contributed by atoms with van der Waals surface area (Å²) in [5.41, 5.74) is 0.873. The summed E-state index contributed by atoms with van der Waals surface area (Å²) >= 11 is 0. The topological polar surface area (TPSA) is 74.2 Å². The SMILES string of the molecule is O=C(NC1CCCCC1)N[C@H](c1ccccn1)C1CC(O)C1. The second kappa shape index (κ2) is 7.09. The second-order valence-corrected chi connectivity index (χ2v) is 6.57. The standard InChI is InChI=1S/C17H25N3O2/c21-14-10-12(11-14)16(15-8-4-5-9-18-15)20-17(22)19-13-6-2-1-3-7-13/h4-5,8-9,12-14,16,21H,1-3,6-7,10-11H2,(H2,19,20,22)/t12?,14?,16-/m0/s1. The van der Waals surface area contributed by atoms with Crippen molar-refractivity contribution in [3.05, 3.63) is 30.1 Å². The van der Waals surface area contributed by atoms with E-state index >= 15 is 0 Å². The Morgan fingerprint density at radius 2 is 2.00 bits per heavy atom. The summed E-state index contributed by atoms with van der Waals surface area (Å²) in [6, 6.07) is 5.82. The van der Waals surface area contributed by atoms with Crippen molar-refractivity contribution < 1.29 is 9.90 Å². The van der Waals surface area contributed by atoms with Crippen molar-refractivity contribution in [2.45, 2.75) is 63.1 Å². The number of aliphatic hydroxyl groups is 1. The molecule has 1 heterocycles. The molecule has 2 aliphatic rings. The molecule has 0 aliphatic heterocycles. The van der Waals surface area contributed by atoms with Crippen LogP contribution in [0.25, 0.3) is 0 Å². The van der Waals surface area contributed by atoms with Crippen LogP contribution in [0, 0.1) is 5.92 Å².